The third-order valence-electron chi connectivity index (χ3n) is 6.03. The van der Waals surface area contributed by atoms with Crippen molar-refractivity contribution in [2.24, 2.45) is 4.99 Å². The lowest BCUT2D eigenvalue weighted by Gasteiger charge is -2.30. The molecule has 2 heterocycles. The number of methoxy groups -OCH3 is 1. The fourth-order valence-electron chi connectivity index (χ4n) is 4.15. The summed E-state index contributed by atoms with van der Waals surface area (Å²) >= 11 is 0. The number of para-hydroxylation sites is 1. The van der Waals surface area contributed by atoms with E-state index in [1.54, 1.807) is 7.11 Å². The normalized spacial score (nSPS) is 21.6. The molecule has 31 heavy (non-hydrogen) atoms. The quantitative estimate of drug-likeness (QED) is 0.649. The molecule has 1 saturated heterocycles. The zero-order valence-corrected chi connectivity index (χ0v) is 18.3. The summed E-state index contributed by atoms with van der Waals surface area (Å²) in [5.74, 6) is 0.878. The SMILES string of the molecule is COCCN=C1Nc2ccccc2CN[C@@]12CCN(C(=O)NCc1ccc(C)cc1)C2. The summed E-state index contributed by atoms with van der Waals surface area (Å²) in [6, 6.07) is 16.4. The highest BCUT2D eigenvalue weighted by atomic mass is 16.5. The van der Waals surface area contributed by atoms with Crippen molar-refractivity contribution < 1.29 is 9.53 Å². The Bertz CT molecular complexity index is 943. The van der Waals surface area contributed by atoms with E-state index in [-0.39, 0.29) is 6.03 Å². The zero-order chi connectivity index (χ0) is 21.7. The molecular weight excluding hydrogens is 390 g/mol. The van der Waals surface area contributed by atoms with Crippen LogP contribution in [-0.4, -0.2) is 55.7 Å². The van der Waals surface area contributed by atoms with Crippen LogP contribution in [-0.2, 0) is 17.8 Å². The Morgan fingerprint density at radius 2 is 2.03 bits per heavy atom. The molecule has 2 amide bonds. The third kappa shape index (κ3) is 4.89. The number of aliphatic imine (C=N–C) groups is 1. The molecule has 0 saturated carbocycles. The number of benzene rings is 2. The van der Waals surface area contributed by atoms with Crippen molar-refractivity contribution in [2.75, 3.05) is 38.7 Å². The van der Waals surface area contributed by atoms with E-state index in [0.29, 0.717) is 32.8 Å². The van der Waals surface area contributed by atoms with E-state index in [1.165, 1.54) is 11.1 Å². The molecule has 1 fully saturated rings. The fraction of sp³-hybridized carbons (Fsp3) is 0.417. The lowest BCUT2D eigenvalue weighted by molar-refractivity contribution is 0.205. The number of nitrogens with zero attached hydrogens (tertiary/aromatic N) is 2. The average molecular weight is 422 g/mol. The minimum Gasteiger partial charge on any atom is -0.383 e. The predicted molar refractivity (Wildman–Crippen MR) is 123 cm³/mol. The molecule has 0 unspecified atom stereocenters. The van der Waals surface area contributed by atoms with Gasteiger partial charge in [-0.25, -0.2) is 4.79 Å². The van der Waals surface area contributed by atoms with Gasteiger partial charge >= 0.3 is 6.03 Å². The highest BCUT2D eigenvalue weighted by Crippen LogP contribution is 2.29. The summed E-state index contributed by atoms with van der Waals surface area (Å²) in [5, 5.41) is 10.3. The number of rotatable bonds is 5. The number of urea groups is 1. The Kier molecular flexibility index (Phi) is 6.53. The molecule has 3 N–H and O–H groups in total. The van der Waals surface area contributed by atoms with Crippen LogP contribution in [0.15, 0.2) is 53.5 Å². The van der Waals surface area contributed by atoms with Gasteiger partial charge < -0.3 is 20.3 Å². The van der Waals surface area contributed by atoms with E-state index in [9.17, 15) is 4.79 Å². The predicted octanol–water partition coefficient (Wildman–Crippen LogP) is 2.91. The molecule has 164 valence electrons. The second-order valence-corrected chi connectivity index (χ2v) is 8.26. The summed E-state index contributed by atoms with van der Waals surface area (Å²) in [7, 11) is 1.68. The number of carbonyl (C=O) groups excluding carboxylic acids is 1. The van der Waals surface area contributed by atoms with E-state index in [2.05, 4.69) is 59.3 Å². The van der Waals surface area contributed by atoms with Gasteiger partial charge in [0, 0.05) is 39.0 Å². The van der Waals surface area contributed by atoms with Gasteiger partial charge in [0.2, 0.25) is 0 Å². The summed E-state index contributed by atoms with van der Waals surface area (Å²) in [5.41, 5.74) is 4.17. The van der Waals surface area contributed by atoms with Gasteiger partial charge in [-0.15, -0.1) is 0 Å². The van der Waals surface area contributed by atoms with Crippen LogP contribution in [0.4, 0.5) is 10.5 Å². The smallest absolute Gasteiger partial charge is 0.317 e. The van der Waals surface area contributed by atoms with E-state index in [0.717, 1.165) is 30.1 Å². The van der Waals surface area contributed by atoms with Gasteiger partial charge in [0.25, 0.3) is 0 Å². The topological polar surface area (TPSA) is 78.0 Å². The van der Waals surface area contributed by atoms with Crippen LogP contribution in [0.1, 0.15) is 23.1 Å². The van der Waals surface area contributed by atoms with Gasteiger partial charge in [0.15, 0.2) is 0 Å². The maximum Gasteiger partial charge on any atom is 0.317 e. The molecule has 4 rings (SSSR count). The van der Waals surface area contributed by atoms with Crippen LogP contribution in [0.2, 0.25) is 0 Å². The lowest BCUT2D eigenvalue weighted by atomic mass is 9.96. The number of anilines is 1. The Morgan fingerprint density at radius 1 is 1.23 bits per heavy atom. The first-order valence-electron chi connectivity index (χ1n) is 10.8. The third-order valence-corrected chi connectivity index (χ3v) is 6.03. The first kappa shape index (κ1) is 21.3. The maximum atomic E-state index is 12.9. The molecule has 0 aliphatic carbocycles. The first-order chi connectivity index (χ1) is 15.1. The molecule has 7 nitrogen and oxygen atoms in total. The number of amidine groups is 1. The zero-order valence-electron chi connectivity index (χ0n) is 18.3. The largest absolute Gasteiger partial charge is 0.383 e. The van der Waals surface area contributed by atoms with Crippen molar-refractivity contribution in [2.45, 2.75) is 32.0 Å². The number of aryl methyl sites for hydroxylation is 1. The summed E-state index contributed by atoms with van der Waals surface area (Å²) in [6.07, 6.45) is 0.803. The highest BCUT2D eigenvalue weighted by Gasteiger charge is 2.45. The van der Waals surface area contributed by atoms with Gasteiger partial charge in [-0.05, 0) is 30.5 Å². The average Bonchev–Trinajstić information content (AvgIpc) is 3.16. The Morgan fingerprint density at radius 3 is 2.84 bits per heavy atom. The molecule has 1 atom stereocenters. The molecule has 2 aliphatic heterocycles. The molecule has 0 aromatic heterocycles. The van der Waals surface area contributed by atoms with E-state index >= 15 is 0 Å². The number of amides is 2. The summed E-state index contributed by atoms with van der Waals surface area (Å²) < 4.78 is 5.20. The second-order valence-electron chi connectivity index (χ2n) is 8.26. The molecular formula is C24H31N5O2. The number of fused-ring (bicyclic) bond motifs is 1. The number of hydrogen-bond donors (Lipinski definition) is 3. The van der Waals surface area contributed by atoms with Crippen molar-refractivity contribution in [3.05, 3.63) is 65.2 Å². The minimum absolute atomic E-state index is 0.0442. The number of hydrogen-bond acceptors (Lipinski definition) is 4. The van der Waals surface area contributed by atoms with Crippen molar-refractivity contribution in [3.8, 4) is 0 Å². The Labute approximate surface area is 183 Å². The van der Waals surface area contributed by atoms with Crippen molar-refractivity contribution in [3.63, 3.8) is 0 Å². The van der Waals surface area contributed by atoms with E-state index in [1.807, 2.05) is 17.0 Å². The minimum atomic E-state index is -0.395. The van der Waals surface area contributed by atoms with Crippen LogP contribution in [0.5, 0.6) is 0 Å². The summed E-state index contributed by atoms with van der Waals surface area (Å²) in [6.45, 7) is 5.69. The highest BCUT2D eigenvalue weighted by molar-refractivity contribution is 6.04. The van der Waals surface area contributed by atoms with Crippen LogP contribution in [0.3, 0.4) is 0 Å². The van der Waals surface area contributed by atoms with Crippen molar-refractivity contribution in [1.29, 1.82) is 0 Å². The van der Waals surface area contributed by atoms with E-state index in [4.69, 9.17) is 9.73 Å². The summed E-state index contributed by atoms with van der Waals surface area (Å²) in [4.78, 5) is 19.6. The molecule has 2 aliphatic rings. The molecule has 7 heteroatoms. The van der Waals surface area contributed by atoms with Crippen LogP contribution in [0.25, 0.3) is 0 Å². The first-order valence-corrected chi connectivity index (χ1v) is 10.8. The van der Waals surface area contributed by atoms with Crippen molar-refractivity contribution >= 4 is 17.6 Å². The van der Waals surface area contributed by atoms with Gasteiger partial charge in [-0.1, -0.05) is 48.0 Å². The molecule has 0 radical (unpaired) electrons. The maximum absolute atomic E-state index is 12.9. The Balaban J connectivity index is 1.47. The number of ether oxygens (including phenoxy) is 1. The van der Waals surface area contributed by atoms with Gasteiger partial charge in [-0.2, -0.15) is 0 Å². The standard InChI is InChI=1S/C24H31N5O2/c1-18-7-9-19(10-8-18)15-26-23(30)29-13-11-24(17-29)22(25-12-14-31-2)28-21-6-4-3-5-20(21)16-27-24/h3-10,27H,11-17H2,1-2H3,(H,25,28)(H,26,30)/t24-/m1/s1. The monoisotopic (exact) mass is 421 g/mol. The fourth-order valence-corrected chi connectivity index (χ4v) is 4.15. The number of carbonyl (C=O) groups is 1. The van der Waals surface area contributed by atoms with Gasteiger partial charge in [-0.3, -0.25) is 10.3 Å². The number of likely N-dealkylation sites (tertiary alicyclic amines) is 1. The molecule has 2 aromatic rings. The van der Waals surface area contributed by atoms with Crippen molar-refractivity contribution in [1.82, 2.24) is 15.5 Å². The van der Waals surface area contributed by atoms with Gasteiger partial charge in [0.1, 0.15) is 5.84 Å². The molecule has 0 bridgehead atoms. The van der Waals surface area contributed by atoms with Gasteiger partial charge in [0.05, 0.1) is 18.7 Å². The Hall–Kier alpha value is -2.90. The van der Waals surface area contributed by atoms with Crippen LogP contribution in [0, 0.1) is 6.92 Å². The lowest BCUT2D eigenvalue weighted by Crippen LogP contribution is -2.56. The molecule has 2 aromatic carbocycles. The van der Waals surface area contributed by atoms with Crippen LogP contribution < -0.4 is 16.0 Å². The number of nitrogens with one attached hydrogen (secondary N) is 3. The second kappa shape index (κ2) is 9.49. The molecule has 1 spiro atoms. The van der Waals surface area contributed by atoms with E-state index < -0.39 is 5.54 Å². The van der Waals surface area contributed by atoms with Crippen LogP contribution >= 0.6 is 0 Å².